The van der Waals surface area contributed by atoms with Crippen LogP contribution in [0, 0.1) is 0 Å². The van der Waals surface area contributed by atoms with Gasteiger partial charge >= 0.3 is 5.97 Å². The number of morpholine rings is 1. The molecule has 0 radical (unpaired) electrons. The SMILES string of the molecule is CSCCC(=NN1CCOCC1)C(=O)O. The van der Waals surface area contributed by atoms with Crippen molar-refractivity contribution in [2.45, 2.75) is 6.42 Å². The van der Waals surface area contributed by atoms with Crippen molar-refractivity contribution in [1.82, 2.24) is 5.01 Å². The third-order valence-electron chi connectivity index (χ3n) is 2.04. The quantitative estimate of drug-likeness (QED) is 0.700. The van der Waals surface area contributed by atoms with E-state index in [1.54, 1.807) is 16.8 Å². The highest BCUT2D eigenvalue weighted by Crippen LogP contribution is 2.02. The van der Waals surface area contributed by atoms with E-state index >= 15 is 0 Å². The van der Waals surface area contributed by atoms with E-state index < -0.39 is 5.97 Å². The lowest BCUT2D eigenvalue weighted by atomic mass is 10.3. The van der Waals surface area contributed by atoms with Gasteiger partial charge in [0, 0.05) is 6.42 Å². The summed E-state index contributed by atoms with van der Waals surface area (Å²) in [4.78, 5) is 10.9. The first-order chi connectivity index (χ1) is 7.24. The Balaban J connectivity index is 2.52. The van der Waals surface area contributed by atoms with Crippen molar-refractivity contribution in [3.05, 3.63) is 0 Å². The topological polar surface area (TPSA) is 62.1 Å². The summed E-state index contributed by atoms with van der Waals surface area (Å²) in [6.45, 7) is 2.60. The number of nitrogens with zero attached hydrogens (tertiary/aromatic N) is 2. The van der Waals surface area contributed by atoms with E-state index in [0.29, 0.717) is 32.7 Å². The van der Waals surface area contributed by atoms with Crippen LogP contribution >= 0.6 is 11.8 Å². The molecule has 1 fully saturated rings. The van der Waals surface area contributed by atoms with E-state index in [-0.39, 0.29) is 5.71 Å². The second-order valence-electron chi connectivity index (χ2n) is 3.16. The average molecular weight is 232 g/mol. The Bertz CT molecular complexity index is 240. The molecule has 0 aliphatic carbocycles. The Kier molecular flexibility index (Phi) is 5.49. The first-order valence-electron chi connectivity index (χ1n) is 4.86. The largest absolute Gasteiger partial charge is 0.477 e. The van der Waals surface area contributed by atoms with Crippen molar-refractivity contribution in [3.63, 3.8) is 0 Å². The molecule has 0 aromatic heterocycles. The Morgan fingerprint density at radius 1 is 1.53 bits per heavy atom. The van der Waals surface area contributed by atoms with Crippen molar-refractivity contribution in [2.75, 3.05) is 38.3 Å². The summed E-state index contributed by atoms with van der Waals surface area (Å²) >= 11 is 1.62. The third-order valence-corrected chi connectivity index (χ3v) is 2.65. The van der Waals surface area contributed by atoms with Crippen LogP contribution in [-0.4, -0.2) is 60.1 Å². The van der Waals surface area contributed by atoms with Gasteiger partial charge in [-0.15, -0.1) is 0 Å². The van der Waals surface area contributed by atoms with Gasteiger partial charge in [-0.3, -0.25) is 5.01 Å². The number of thioether (sulfide) groups is 1. The van der Waals surface area contributed by atoms with Crippen LogP contribution in [0.4, 0.5) is 0 Å². The molecule has 0 aromatic carbocycles. The van der Waals surface area contributed by atoms with Crippen LogP contribution in [-0.2, 0) is 9.53 Å². The van der Waals surface area contributed by atoms with Crippen LogP contribution in [0.1, 0.15) is 6.42 Å². The number of rotatable bonds is 5. The van der Waals surface area contributed by atoms with Gasteiger partial charge in [-0.25, -0.2) is 4.79 Å². The molecule has 6 heteroatoms. The summed E-state index contributed by atoms with van der Waals surface area (Å²) in [7, 11) is 0. The Morgan fingerprint density at radius 3 is 2.73 bits per heavy atom. The van der Waals surface area contributed by atoms with E-state index in [4.69, 9.17) is 9.84 Å². The van der Waals surface area contributed by atoms with Crippen molar-refractivity contribution >= 4 is 23.4 Å². The smallest absolute Gasteiger partial charge is 0.352 e. The van der Waals surface area contributed by atoms with Gasteiger partial charge in [0.1, 0.15) is 5.71 Å². The highest BCUT2D eigenvalue weighted by Gasteiger charge is 2.13. The number of aliphatic carboxylic acids is 1. The van der Waals surface area contributed by atoms with Crippen molar-refractivity contribution in [3.8, 4) is 0 Å². The molecule has 0 amide bonds. The molecule has 15 heavy (non-hydrogen) atoms. The summed E-state index contributed by atoms with van der Waals surface area (Å²) < 4.78 is 5.16. The van der Waals surface area contributed by atoms with E-state index in [2.05, 4.69) is 5.10 Å². The predicted octanol–water partition coefficient (Wildman–Crippen LogP) is 0.512. The van der Waals surface area contributed by atoms with E-state index in [1.165, 1.54) is 0 Å². The average Bonchev–Trinajstić information content (AvgIpc) is 2.25. The molecule has 1 N–H and O–H groups in total. The number of carboxylic acids is 1. The molecule has 0 saturated carbocycles. The number of ether oxygens (including phenoxy) is 1. The zero-order valence-corrected chi connectivity index (χ0v) is 9.63. The van der Waals surface area contributed by atoms with Crippen LogP contribution in [0.15, 0.2) is 5.10 Å². The van der Waals surface area contributed by atoms with Crippen molar-refractivity contribution in [1.29, 1.82) is 0 Å². The van der Waals surface area contributed by atoms with Gasteiger partial charge in [0.25, 0.3) is 0 Å². The van der Waals surface area contributed by atoms with Crippen LogP contribution in [0.5, 0.6) is 0 Å². The van der Waals surface area contributed by atoms with Crippen LogP contribution in [0.3, 0.4) is 0 Å². The summed E-state index contributed by atoms with van der Waals surface area (Å²) in [5.74, 6) is -0.134. The molecule has 1 saturated heterocycles. The number of hydrazone groups is 1. The fraction of sp³-hybridized carbons (Fsp3) is 0.778. The van der Waals surface area contributed by atoms with Gasteiger partial charge in [0.05, 0.1) is 26.3 Å². The zero-order valence-electron chi connectivity index (χ0n) is 8.81. The molecule has 0 unspecified atom stereocenters. The van der Waals surface area contributed by atoms with Crippen molar-refractivity contribution in [2.24, 2.45) is 5.10 Å². The molecule has 86 valence electrons. The van der Waals surface area contributed by atoms with Gasteiger partial charge in [0.2, 0.25) is 0 Å². The maximum atomic E-state index is 10.9. The minimum atomic E-state index is -0.921. The predicted molar refractivity (Wildman–Crippen MR) is 60.5 cm³/mol. The lowest BCUT2D eigenvalue weighted by Gasteiger charge is -2.24. The fourth-order valence-corrected chi connectivity index (χ4v) is 1.62. The van der Waals surface area contributed by atoms with Gasteiger partial charge in [-0.1, -0.05) is 0 Å². The minimum Gasteiger partial charge on any atom is -0.477 e. The van der Waals surface area contributed by atoms with E-state index in [0.717, 1.165) is 5.75 Å². The number of hydrogen-bond acceptors (Lipinski definition) is 5. The summed E-state index contributed by atoms with van der Waals surface area (Å²) in [5, 5.41) is 14.8. The normalized spacial score (nSPS) is 17.9. The number of carboxylic acid groups (broad SMARTS) is 1. The monoisotopic (exact) mass is 232 g/mol. The lowest BCUT2D eigenvalue weighted by molar-refractivity contribution is -0.129. The molecule has 0 aromatic rings. The zero-order chi connectivity index (χ0) is 11.1. The highest BCUT2D eigenvalue weighted by molar-refractivity contribution is 7.98. The summed E-state index contributed by atoms with van der Waals surface area (Å²) in [5.41, 5.74) is 0.242. The minimum absolute atomic E-state index is 0.242. The molecule has 0 bridgehead atoms. The molecular weight excluding hydrogens is 216 g/mol. The first-order valence-corrected chi connectivity index (χ1v) is 6.26. The lowest BCUT2D eigenvalue weighted by Crippen LogP contribution is -2.34. The summed E-state index contributed by atoms with van der Waals surface area (Å²) in [6, 6.07) is 0. The van der Waals surface area contributed by atoms with Gasteiger partial charge in [-0.2, -0.15) is 16.9 Å². The van der Waals surface area contributed by atoms with Crippen molar-refractivity contribution < 1.29 is 14.6 Å². The van der Waals surface area contributed by atoms with E-state index in [9.17, 15) is 4.79 Å². The molecule has 1 aliphatic heterocycles. The van der Waals surface area contributed by atoms with Gasteiger partial charge < -0.3 is 9.84 Å². The maximum absolute atomic E-state index is 10.9. The Hall–Kier alpha value is -0.750. The van der Waals surface area contributed by atoms with E-state index in [1.807, 2.05) is 6.26 Å². The molecule has 1 heterocycles. The molecule has 1 rings (SSSR count). The fourth-order valence-electron chi connectivity index (χ4n) is 1.22. The Morgan fingerprint density at radius 2 is 2.20 bits per heavy atom. The van der Waals surface area contributed by atoms with Crippen LogP contribution in [0.2, 0.25) is 0 Å². The Labute approximate surface area is 93.5 Å². The first kappa shape index (κ1) is 12.3. The van der Waals surface area contributed by atoms with Crippen LogP contribution < -0.4 is 0 Å². The maximum Gasteiger partial charge on any atom is 0.352 e. The summed E-state index contributed by atoms with van der Waals surface area (Å²) in [6.07, 6.45) is 2.46. The molecular formula is C9H16N2O3S. The van der Waals surface area contributed by atoms with Crippen LogP contribution in [0.25, 0.3) is 0 Å². The second-order valence-corrected chi connectivity index (χ2v) is 4.15. The third kappa shape index (κ3) is 4.53. The molecule has 0 spiro atoms. The second kappa shape index (κ2) is 6.68. The molecule has 1 aliphatic rings. The molecule has 0 atom stereocenters. The highest BCUT2D eigenvalue weighted by atomic mass is 32.2. The van der Waals surface area contributed by atoms with Gasteiger partial charge in [0.15, 0.2) is 0 Å². The standard InChI is InChI=1S/C9H16N2O3S/c1-15-7-2-8(9(12)13)10-11-3-5-14-6-4-11/h2-7H2,1H3,(H,12,13). The number of carbonyl (C=O) groups is 1. The van der Waals surface area contributed by atoms with Gasteiger partial charge in [-0.05, 0) is 12.0 Å². The number of hydrogen-bond donors (Lipinski definition) is 1. The molecule has 5 nitrogen and oxygen atoms in total.